The van der Waals surface area contributed by atoms with Crippen LogP contribution >= 0.6 is 0 Å². The van der Waals surface area contributed by atoms with E-state index in [9.17, 15) is 4.39 Å². The van der Waals surface area contributed by atoms with Crippen LogP contribution in [0.15, 0.2) is 109 Å². The molecule has 2 heterocycles. The molecule has 1 fully saturated rings. The fourth-order valence-electron chi connectivity index (χ4n) is 8.40. The van der Waals surface area contributed by atoms with Gasteiger partial charge in [0.15, 0.2) is 5.60 Å². The quantitative estimate of drug-likeness (QED) is 0.195. The Bertz CT molecular complexity index is 2260. The summed E-state index contributed by atoms with van der Waals surface area (Å²) in [6.07, 6.45) is 8.05. The van der Waals surface area contributed by atoms with Gasteiger partial charge in [-0.2, -0.15) is 0 Å². The van der Waals surface area contributed by atoms with Crippen molar-refractivity contribution >= 4 is 33.3 Å². The normalized spacial score (nSPS) is 19.4. The minimum Gasteiger partial charge on any atom is -0.472 e. The molecule has 1 atom stereocenters. The van der Waals surface area contributed by atoms with Crippen molar-refractivity contribution in [3.63, 3.8) is 0 Å². The van der Waals surface area contributed by atoms with Crippen LogP contribution in [-0.4, -0.2) is 13.1 Å². The van der Waals surface area contributed by atoms with Crippen molar-refractivity contribution in [1.29, 1.82) is 0 Å². The third-order valence-electron chi connectivity index (χ3n) is 10.8. The molecular formula is C43H35F2NO. The zero-order valence-corrected chi connectivity index (χ0v) is 26.6. The largest absolute Gasteiger partial charge is 0.472 e. The average Bonchev–Trinajstić information content (AvgIpc) is 3.34. The van der Waals surface area contributed by atoms with E-state index in [0.29, 0.717) is 11.1 Å². The van der Waals surface area contributed by atoms with Crippen LogP contribution in [0.25, 0.3) is 38.7 Å². The van der Waals surface area contributed by atoms with Gasteiger partial charge in [0.05, 0.1) is 0 Å². The molecule has 0 spiro atoms. The minimum atomic E-state index is -0.966. The summed E-state index contributed by atoms with van der Waals surface area (Å²) in [6.45, 7) is 6.43. The summed E-state index contributed by atoms with van der Waals surface area (Å²) in [5.41, 5.74) is 6.70. The van der Waals surface area contributed by atoms with Gasteiger partial charge >= 0.3 is 0 Å². The van der Waals surface area contributed by atoms with E-state index in [2.05, 4.69) is 97.6 Å². The van der Waals surface area contributed by atoms with Crippen LogP contribution in [0.1, 0.15) is 60.9 Å². The third kappa shape index (κ3) is 4.20. The number of anilines is 1. The number of rotatable bonds is 3. The number of fused-ring (bicyclic) bond motifs is 9. The van der Waals surface area contributed by atoms with E-state index in [4.69, 9.17) is 4.74 Å². The van der Waals surface area contributed by atoms with Gasteiger partial charge in [-0.05, 0) is 106 Å². The molecule has 6 aromatic carbocycles. The molecule has 1 saturated heterocycles. The minimum absolute atomic E-state index is 0.260. The molecule has 0 saturated carbocycles. The highest BCUT2D eigenvalue weighted by Crippen LogP contribution is 2.58. The van der Waals surface area contributed by atoms with Gasteiger partial charge in [0.2, 0.25) is 0 Å². The molecular weight excluding hydrogens is 584 g/mol. The highest BCUT2D eigenvalue weighted by molar-refractivity contribution is 6.08. The number of benzene rings is 6. The lowest BCUT2D eigenvalue weighted by Gasteiger charge is -2.39. The monoisotopic (exact) mass is 619 g/mol. The SMILES string of the molecule is CC1(C)c2cc(F)ccc2-c2c1c1c(c3cc(F)ccc23)OC(c2ccc(N3CCCCC3)cc2)(c2ccc3ccccc3c2)C=C1. The molecule has 232 valence electrons. The predicted molar refractivity (Wildman–Crippen MR) is 188 cm³/mol. The Morgan fingerprint density at radius 3 is 2.21 bits per heavy atom. The van der Waals surface area contributed by atoms with Crippen LogP contribution in [0.4, 0.5) is 14.5 Å². The summed E-state index contributed by atoms with van der Waals surface area (Å²) in [6, 6.07) is 33.6. The number of nitrogens with zero attached hydrogens (tertiary/aromatic N) is 1. The van der Waals surface area contributed by atoms with Crippen LogP contribution in [-0.2, 0) is 11.0 Å². The molecule has 0 bridgehead atoms. The molecule has 6 aromatic rings. The van der Waals surface area contributed by atoms with Gasteiger partial charge < -0.3 is 9.64 Å². The first-order chi connectivity index (χ1) is 22.8. The second kappa shape index (κ2) is 10.3. The van der Waals surface area contributed by atoms with E-state index < -0.39 is 11.0 Å². The molecule has 47 heavy (non-hydrogen) atoms. The predicted octanol–water partition coefficient (Wildman–Crippen LogP) is 10.9. The maximum Gasteiger partial charge on any atom is 0.178 e. The van der Waals surface area contributed by atoms with Gasteiger partial charge in [-0.15, -0.1) is 0 Å². The van der Waals surface area contributed by atoms with Gasteiger partial charge in [-0.3, -0.25) is 0 Å². The Kier molecular flexibility index (Phi) is 6.18. The molecule has 3 aliphatic rings. The first-order valence-electron chi connectivity index (χ1n) is 16.7. The van der Waals surface area contributed by atoms with Crippen LogP contribution in [0.5, 0.6) is 5.75 Å². The Morgan fingerprint density at radius 1 is 0.681 bits per heavy atom. The average molecular weight is 620 g/mol. The zero-order chi connectivity index (χ0) is 31.9. The van der Waals surface area contributed by atoms with Crippen molar-refractivity contribution in [2.45, 2.75) is 44.1 Å². The van der Waals surface area contributed by atoms with E-state index in [-0.39, 0.29) is 11.6 Å². The Morgan fingerprint density at radius 2 is 1.40 bits per heavy atom. The molecule has 1 unspecified atom stereocenters. The molecule has 4 heteroatoms. The number of piperidine rings is 1. The van der Waals surface area contributed by atoms with Gasteiger partial charge in [0.1, 0.15) is 17.4 Å². The van der Waals surface area contributed by atoms with Crippen LogP contribution in [0.2, 0.25) is 0 Å². The Hall–Kier alpha value is -4.96. The fourth-order valence-corrected chi connectivity index (χ4v) is 8.40. The summed E-state index contributed by atoms with van der Waals surface area (Å²) in [7, 11) is 0. The molecule has 9 rings (SSSR count). The highest BCUT2D eigenvalue weighted by Gasteiger charge is 2.44. The molecule has 2 nitrogen and oxygen atoms in total. The number of halogens is 2. The summed E-state index contributed by atoms with van der Waals surface area (Å²) in [4.78, 5) is 2.46. The van der Waals surface area contributed by atoms with Gasteiger partial charge in [0, 0.05) is 46.3 Å². The second-order valence-corrected chi connectivity index (χ2v) is 13.8. The molecule has 0 aromatic heterocycles. The first kappa shape index (κ1) is 28.3. The summed E-state index contributed by atoms with van der Waals surface area (Å²) < 4.78 is 37.2. The standard InChI is InChI=1S/C43H35F2NO/c1-42(2)38-26-32(45)15-19-35(38)39-34-18-14-31(44)25-37(34)41-36(40(39)42)20-21-43(47-41,30-11-10-27-8-4-5-9-28(27)24-30)29-12-16-33(17-13-29)46-22-6-3-7-23-46/h4-5,8-21,24-26H,3,6-7,22-23H2,1-2H3. The van der Waals surface area contributed by atoms with E-state index in [1.54, 1.807) is 12.1 Å². The fraction of sp³-hybridized carbons (Fsp3) is 0.209. The van der Waals surface area contributed by atoms with Gasteiger partial charge in [0.25, 0.3) is 0 Å². The lowest BCUT2D eigenvalue weighted by molar-refractivity contribution is 0.163. The molecule has 2 aliphatic heterocycles. The van der Waals surface area contributed by atoms with E-state index >= 15 is 4.39 Å². The van der Waals surface area contributed by atoms with Crippen molar-refractivity contribution in [2.24, 2.45) is 0 Å². The smallest absolute Gasteiger partial charge is 0.178 e. The van der Waals surface area contributed by atoms with E-state index in [1.807, 2.05) is 12.1 Å². The number of ether oxygens (including phenoxy) is 1. The van der Waals surface area contributed by atoms with Crippen LogP contribution in [0.3, 0.4) is 0 Å². The molecule has 0 N–H and O–H groups in total. The third-order valence-corrected chi connectivity index (χ3v) is 10.8. The second-order valence-electron chi connectivity index (χ2n) is 13.8. The topological polar surface area (TPSA) is 12.5 Å². The lowest BCUT2D eigenvalue weighted by atomic mass is 9.76. The molecule has 0 radical (unpaired) electrons. The van der Waals surface area contributed by atoms with Crippen molar-refractivity contribution in [2.75, 3.05) is 18.0 Å². The van der Waals surface area contributed by atoms with Crippen molar-refractivity contribution in [3.8, 4) is 16.9 Å². The number of hydrogen-bond acceptors (Lipinski definition) is 2. The lowest BCUT2D eigenvalue weighted by Crippen LogP contribution is -2.35. The summed E-state index contributed by atoms with van der Waals surface area (Å²) >= 11 is 0. The molecule has 1 aliphatic carbocycles. The maximum absolute atomic E-state index is 15.2. The highest BCUT2D eigenvalue weighted by atomic mass is 19.1. The van der Waals surface area contributed by atoms with Crippen molar-refractivity contribution < 1.29 is 13.5 Å². The van der Waals surface area contributed by atoms with Crippen molar-refractivity contribution in [3.05, 3.63) is 149 Å². The van der Waals surface area contributed by atoms with Gasteiger partial charge in [-0.1, -0.05) is 80.6 Å². The van der Waals surface area contributed by atoms with Crippen LogP contribution < -0.4 is 9.64 Å². The van der Waals surface area contributed by atoms with Crippen LogP contribution in [0, 0.1) is 11.6 Å². The summed E-state index contributed by atoms with van der Waals surface area (Å²) in [5.74, 6) is 0.0657. The Balaban J connectivity index is 1.30. The van der Waals surface area contributed by atoms with E-state index in [1.165, 1.54) is 37.1 Å². The van der Waals surface area contributed by atoms with Crippen molar-refractivity contribution in [1.82, 2.24) is 0 Å². The first-order valence-corrected chi connectivity index (χ1v) is 16.7. The Labute approximate surface area is 273 Å². The van der Waals surface area contributed by atoms with Gasteiger partial charge in [-0.25, -0.2) is 8.78 Å². The zero-order valence-electron chi connectivity index (χ0n) is 26.6. The number of hydrogen-bond donors (Lipinski definition) is 0. The maximum atomic E-state index is 15.2. The van der Waals surface area contributed by atoms with E-state index in [0.717, 1.165) is 68.2 Å². The molecule has 0 amide bonds. The summed E-state index contributed by atoms with van der Waals surface area (Å²) in [5, 5.41) is 3.90.